The molecule has 2 heterocycles. The lowest BCUT2D eigenvalue weighted by Gasteiger charge is -2.29. The van der Waals surface area contributed by atoms with Crippen LogP contribution in [-0.4, -0.2) is 55.4 Å². The van der Waals surface area contributed by atoms with Crippen LogP contribution in [0.4, 0.5) is 0 Å². The molecule has 116 valence electrons. The highest BCUT2D eigenvalue weighted by atomic mass is 32.2. The van der Waals surface area contributed by atoms with Crippen molar-refractivity contribution in [3.05, 3.63) is 23.8 Å². The molecular formula is C14H19NO5S. The van der Waals surface area contributed by atoms with Crippen LogP contribution >= 0.6 is 0 Å². The summed E-state index contributed by atoms with van der Waals surface area (Å²) in [4.78, 5) is 1.98. The molecule has 0 radical (unpaired) electrons. The SMILES string of the molecule is CCN(Cc1cccc2c1OCO2)[C@H]1CS(=O)(=O)C[C@@H]1O. The van der Waals surface area contributed by atoms with Crippen molar-refractivity contribution in [1.82, 2.24) is 4.90 Å². The maximum Gasteiger partial charge on any atom is 0.231 e. The number of sulfone groups is 1. The Balaban J connectivity index is 1.81. The van der Waals surface area contributed by atoms with E-state index in [9.17, 15) is 13.5 Å². The van der Waals surface area contributed by atoms with Gasteiger partial charge in [0.1, 0.15) is 0 Å². The molecule has 3 rings (SSSR count). The highest BCUT2D eigenvalue weighted by Crippen LogP contribution is 2.36. The van der Waals surface area contributed by atoms with E-state index >= 15 is 0 Å². The van der Waals surface area contributed by atoms with Gasteiger partial charge in [0, 0.05) is 12.1 Å². The van der Waals surface area contributed by atoms with Gasteiger partial charge in [0.25, 0.3) is 0 Å². The zero-order valence-corrected chi connectivity index (χ0v) is 12.7. The molecule has 21 heavy (non-hydrogen) atoms. The standard InChI is InChI=1S/C14H19NO5S/c1-2-15(11-7-21(17,18)8-12(11)16)6-10-4-3-5-13-14(10)20-9-19-13/h3-5,11-12,16H,2,6-9H2,1H3/t11-,12-/m0/s1. The van der Waals surface area contributed by atoms with Crippen LogP contribution in [0, 0.1) is 0 Å². The molecule has 6 nitrogen and oxygen atoms in total. The third kappa shape index (κ3) is 2.86. The number of aliphatic hydroxyl groups excluding tert-OH is 1. The lowest BCUT2D eigenvalue weighted by Crippen LogP contribution is -2.42. The molecular weight excluding hydrogens is 294 g/mol. The van der Waals surface area contributed by atoms with E-state index in [1.165, 1.54) is 0 Å². The van der Waals surface area contributed by atoms with Crippen molar-refractivity contribution >= 4 is 9.84 Å². The monoisotopic (exact) mass is 313 g/mol. The molecule has 2 aliphatic heterocycles. The number of ether oxygens (including phenoxy) is 2. The summed E-state index contributed by atoms with van der Waals surface area (Å²) in [6.45, 7) is 3.35. The van der Waals surface area contributed by atoms with Gasteiger partial charge >= 0.3 is 0 Å². The van der Waals surface area contributed by atoms with Gasteiger partial charge in [0.2, 0.25) is 6.79 Å². The molecule has 0 unspecified atom stereocenters. The van der Waals surface area contributed by atoms with Crippen molar-refractivity contribution in [2.24, 2.45) is 0 Å². The Morgan fingerprint density at radius 1 is 1.33 bits per heavy atom. The lowest BCUT2D eigenvalue weighted by molar-refractivity contribution is 0.0810. The molecule has 0 bridgehead atoms. The van der Waals surface area contributed by atoms with Gasteiger partial charge in [-0.2, -0.15) is 0 Å². The summed E-state index contributed by atoms with van der Waals surface area (Å²) in [7, 11) is -3.15. The highest BCUT2D eigenvalue weighted by Gasteiger charge is 2.39. The maximum absolute atomic E-state index is 11.7. The molecule has 1 N–H and O–H groups in total. The van der Waals surface area contributed by atoms with Gasteiger partial charge in [-0.1, -0.05) is 19.1 Å². The van der Waals surface area contributed by atoms with E-state index in [4.69, 9.17) is 9.47 Å². The molecule has 7 heteroatoms. The van der Waals surface area contributed by atoms with E-state index in [0.29, 0.717) is 24.6 Å². The summed E-state index contributed by atoms with van der Waals surface area (Å²) >= 11 is 0. The molecule has 0 spiro atoms. The van der Waals surface area contributed by atoms with Crippen LogP contribution in [0.3, 0.4) is 0 Å². The Hall–Kier alpha value is -1.31. The number of fused-ring (bicyclic) bond motifs is 1. The molecule has 0 saturated carbocycles. The van der Waals surface area contributed by atoms with Crippen LogP contribution in [0.1, 0.15) is 12.5 Å². The van der Waals surface area contributed by atoms with Crippen molar-refractivity contribution in [3.8, 4) is 11.5 Å². The van der Waals surface area contributed by atoms with Gasteiger partial charge in [-0.25, -0.2) is 8.42 Å². The third-order valence-electron chi connectivity index (χ3n) is 4.02. The average Bonchev–Trinajstić information content (AvgIpc) is 3.00. The predicted molar refractivity (Wildman–Crippen MR) is 77.1 cm³/mol. The first-order chi connectivity index (χ1) is 10.00. The zero-order chi connectivity index (χ0) is 15.0. The van der Waals surface area contributed by atoms with Crippen molar-refractivity contribution < 1.29 is 23.0 Å². The molecule has 2 aliphatic rings. The minimum absolute atomic E-state index is 0.00832. The third-order valence-corrected chi connectivity index (χ3v) is 5.72. The van der Waals surface area contributed by atoms with Gasteiger partial charge in [0.05, 0.1) is 23.7 Å². The normalized spacial score (nSPS) is 26.4. The van der Waals surface area contributed by atoms with Gasteiger partial charge in [-0.05, 0) is 12.6 Å². The first kappa shape index (κ1) is 14.6. The fourth-order valence-electron chi connectivity index (χ4n) is 2.96. The summed E-state index contributed by atoms with van der Waals surface area (Å²) < 4.78 is 34.2. The van der Waals surface area contributed by atoms with Crippen molar-refractivity contribution in [2.75, 3.05) is 24.8 Å². The Morgan fingerprint density at radius 3 is 2.81 bits per heavy atom. The second-order valence-electron chi connectivity index (χ2n) is 5.43. The summed E-state index contributed by atoms with van der Waals surface area (Å²) in [6.07, 6.45) is -0.830. The van der Waals surface area contributed by atoms with Crippen LogP contribution in [0.25, 0.3) is 0 Å². The van der Waals surface area contributed by atoms with Crippen LogP contribution in [0.2, 0.25) is 0 Å². The summed E-state index contributed by atoms with van der Waals surface area (Å²) in [5.74, 6) is 1.28. The van der Waals surface area contributed by atoms with Crippen LogP contribution in [0.5, 0.6) is 11.5 Å². The minimum atomic E-state index is -3.15. The number of hydrogen-bond donors (Lipinski definition) is 1. The second-order valence-corrected chi connectivity index (χ2v) is 7.58. The summed E-state index contributed by atoms with van der Waals surface area (Å²) in [6, 6.07) is 5.31. The number of nitrogens with zero attached hydrogens (tertiary/aromatic N) is 1. The largest absolute Gasteiger partial charge is 0.454 e. The van der Waals surface area contributed by atoms with E-state index in [1.807, 2.05) is 30.0 Å². The minimum Gasteiger partial charge on any atom is -0.454 e. The van der Waals surface area contributed by atoms with E-state index in [-0.39, 0.29) is 24.3 Å². The molecule has 0 aromatic heterocycles. The van der Waals surface area contributed by atoms with Gasteiger partial charge < -0.3 is 14.6 Å². The number of benzene rings is 1. The first-order valence-electron chi connectivity index (χ1n) is 7.00. The van der Waals surface area contributed by atoms with Gasteiger partial charge in [0.15, 0.2) is 21.3 Å². The summed E-state index contributed by atoms with van der Waals surface area (Å²) in [5, 5.41) is 10.0. The Kier molecular flexibility index (Phi) is 3.81. The number of rotatable bonds is 4. The molecule has 2 atom stereocenters. The second kappa shape index (κ2) is 5.47. The molecule has 0 amide bonds. The van der Waals surface area contributed by atoms with Crippen LogP contribution in [-0.2, 0) is 16.4 Å². The van der Waals surface area contributed by atoms with Gasteiger partial charge in [-0.3, -0.25) is 4.90 Å². The van der Waals surface area contributed by atoms with Crippen LogP contribution in [0.15, 0.2) is 18.2 Å². The number of para-hydroxylation sites is 1. The average molecular weight is 313 g/mol. The lowest BCUT2D eigenvalue weighted by atomic mass is 10.1. The Bertz CT molecular complexity index is 630. The number of hydrogen-bond acceptors (Lipinski definition) is 6. The number of likely N-dealkylation sites (N-methyl/N-ethyl adjacent to an activating group) is 1. The molecule has 1 aromatic carbocycles. The van der Waals surface area contributed by atoms with E-state index in [0.717, 1.165) is 5.56 Å². The van der Waals surface area contributed by atoms with E-state index in [2.05, 4.69) is 0 Å². The van der Waals surface area contributed by atoms with Crippen molar-refractivity contribution in [1.29, 1.82) is 0 Å². The molecule has 1 fully saturated rings. The van der Waals surface area contributed by atoms with E-state index in [1.54, 1.807) is 0 Å². The van der Waals surface area contributed by atoms with Crippen molar-refractivity contribution in [3.63, 3.8) is 0 Å². The van der Waals surface area contributed by atoms with E-state index < -0.39 is 15.9 Å². The Labute approximate surface area is 124 Å². The fourth-order valence-corrected chi connectivity index (χ4v) is 4.79. The summed E-state index contributed by atoms with van der Waals surface area (Å²) in [5.41, 5.74) is 0.948. The smallest absolute Gasteiger partial charge is 0.231 e. The predicted octanol–water partition coefficient (Wildman–Crippen LogP) is 0.395. The first-order valence-corrected chi connectivity index (χ1v) is 8.82. The zero-order valence-electron chi connectivity index (χ0n) is 11.9. The quantitative estimate of drug-likeness (QED) is 0.867. The fraction of sp³-hybridized carbons (Fsp3) is 0.571. The molecule has 0 aliphatic carbocycles. The molecule has 1 saturated heterocycles. The number of aliphatic hydroxyl groups is 1. The highest BCUT2D eigenvalue weighted by molar-refractivity contribution is 7.91. The van der Waals surface area contributed by atoms with Crippen LogP contribution < -0.4 is 9.47 Å². The maximum atomic E-state index is 11.7. The topological polar surface area (TPSA) is 76.1 Å². The Morgan fingerprint density at radius 2 is 2.14 bits per heavy atom. The van der Waals surface area contributed by atoms with Gasteiger partial charge in [-0.15, -0.1) is 0 Å². The molecule has 1 aromatic rings. The van der Waals surface area contributed by atoms with Crippen molar-refractivity contribution in [2.45, 2.75) is 25.6 Å².